The van der Waals surface area contributed by atoms with Crippen molar-refractivity contribution in [3.8, 4) is 11.5 Å². The van der Waals surface area contributed by atoms with Crippen molar-refractivity contribution in [3.63, 3.8) is 0 Å². The summed E-state index contributed by atoms with van der Waals surface area (Å²) in [5.41, 5.74) is 0.491. The predicted molar refractivity (Wildman–Crippen MR) is 107 cm³/mol. The normalized spacial score (nSPS) is 16.8. The van der Waals surface area contributed by atoms with Crippen LogP contribution in [0.4, 0.5) is 0 Å². The molecular weight excluding hydrogens is 398 g/mol. The topological polar surface area (TPSA) is 106 Å². The average Bonchev–Trinajstić information content (AvgIpc) is 2.70. The van der Waals surface area contributed by atoms with Crippen molar-refractivity contribution >= 4 is 41.1 Å². The second-order valence-corrected chi connectivity index (χ2v) is 6.62. The van der Waals surface area contributed by atoms with Gasteiger partial charge in [-0.15, -0.1) is 0 Å². The number of carbonyl (C=O) groups excluding carboxylic acids is 3. The Morgan fingerprint density at radius 2 is 1.86 bits per heavy atom. The summed E-state index contributed by atoms with van der Waals surface area (Å²) in [5.74, 6) is -0.479. The summed E-state index contributed by atoms with van der Waals surface area (Å²) < 4.78 is 16.5. The molecular formula is C19H21N3O6S. The molecule has 0 unspecified atom stereocenters. The van der Waals surface area contributed by atoms with Crippen LogP contribution in [0, 0.1) is 0 Å². The smallest absolute Gasteiger partial charge is 0.263 e. The number of hydrogen-bond donors (Lipinski definition) is 2. The molecule has 1 aromatic carbocycles. The maximum Gasteiger partial charge on any atom is 0.263 e. The molecule has 1 aromatic rings. The Morgan fingerprint density at radius 3 is 2.52 bits per heavy atom. The van der Waals surface area contributed by atoms with E-state index < -0.39 is 11.8 Å². The SMILES string of the molecule is CCOc1cc(C=C2C(=O)NC(=S)NC2=O)ccc1OCC(=O)N1CCOCC1. The van der Waals surface area contributed by atoms with Crippen molar-refractivity contribution in [1.29, 1.82) is 0 Å². The molecule has 0 aliphatic carbocycles. The number of amides is 3. The molecule has 10 heteroatoms. The minimum atomic E-state index is -0.576. The zero-order chi connectivity index (χ0) is 20.8. The molecule has 2 saturated heterocycles. The van der Waals surface area contributed by atoms with Crippen LogP contribution in [0.1, 0.15) is 12.5 Å². The number of nitrogens with one attached hydrogen (secondary N) is 2. The molecule has 2 aliphatic heterocycles. The number of ether oxygens (including phenoxy) is 3. The van der Waals surface area contributed by atoms with Crippen molar-refractivity contribution in [2.24, 2.45) is 0 Å². The van der Waals surface area contributed by atoms with Crippen molar-refractivity contribution < 1.29 is 28.6 Å². The summed E-state index contributed by atoms with van der Waals surface area (Å²) in [7, 11) is 0. The first-order chi connectivity index (χ1) is 14.0. The van der Waals surface area contributed by atoms with E-state index >= 15 is 0 Å². The summed E-state index contributed by atoms with van der Waals surface area (Å²) in [6.07, 6.45) is 1.43. The third kappa shape index (κ3) is 5.30. The van der Waals surface area contributed by atoms with Crippen LogP contribution in [-0.4, -0.2) is 67.3 Å². The lowest BCUT2D eigenvalue weighted by Crippen LogP contribution is -2.51. The van der Waals surface area contributed by atoms with Gasteiger partial charge in [0.2, 0.25) is 0 Å². The molecule has 154 valence electrons. The fraction of sp³-hybridized carbons (Fsp3) is 0.368. The number of benzene rings is 1. The summed E-state index contributed by atoms with van der Waals surface area (Å²) in [5, 5.41) is 4.73. The van der Waals surface area contributed by atoms with Crippen LogP contribution >= 0.6 is 12.2 Å². The number of rotatable bonds is 6. The van der Waals surface area contributed by atoms with Crippen molar-refractivity contribution in [2.45, 2.75) is 6.92 Å². The van der Waals surface area contributed by atoms with Crippen molar-refractivity contribution in [3.05, 3.63) is 29.3 Å². The molecule has 0 spiro atoms. The summed E-state index contributed by atoms with van der Waals surface area (Å²) in [6, 6.07) is 4.93. The van der Waals surface area contributed by atoms with Crippen LogP contribution in [0.5, 0.6) is 11.5 Å². The standard InChI is InChI=1S/C19H21N3O6S/c1-2-27-15-10-12(9-13-17(24)20-19(29)21-18(13)25)3-4-14(15)28-11-16(23)22-5-7-26-8-6-22/h3-4,9-10H,2,5-8,11H2,1H3,(H2,20,21,24,25,29). The van der Waals surface area contributed by atoms with Crippen LogP contribution in [0.2, 0.25) is 0 Å². The minimum absolute atomic E-state index is 0.0270. The molecule has 0 atom stereocenters. The molecule has 2 N–H and O–H groups in total. The number of nitrogens with zero attached hydrogens (tertiary/aromatic N) is 1. The van der Waals surface area contributed by atoms with Crippen molar-refractivity contribution in [2.75, 3.05) is 39.5 Å². The number of carbonyl (C=O) groups is 3. The Hall–Kier alpha value is -2.98. The van der Waals surface area contributed by atoms with Gasteiger partial charge in [-0.2, -0.15) is 0 Å². The Balaban J connectivity index is 1.73. The third-order valence-corrected chi connectivity index (χ3v) is 4.44. The van der Waals surface area contributed by atoms with Gasteiger partial charge in [-0.1, -0.05) is 6.07 Å². The van der Waals surface area contributed by atoms with Gasteiger partial charge in [0.1, 0.15) is 5.57 Å². The fourth-order valence-electron chi connectivity index (χ4n) is 2.82. The molecule has 0 bridgehead atoms. The molecule has 2 fully saturated rings. The lowest BCUT2D eigenvalue weighted by molar-refractivity contribution is -0.137. The van der Waals surface area contributed by atoms with E-state index in [9.17, 15) is 14.4 Å². The first kappa shape index (κ1) is 20.7. The Bertz CT molecular complexity index is 842. The van der Waals surface area contributed by atoms with Crippen LogP contribution < -0.4 is 20.1 Å². The van der Waals surface area contributed by atoms with Gasteiger partial charge in [0.25, 0.3) is 17.7 Å². The van der Waals surface area contributed by atoms with Gasteiger partial charge >= 0.3 is 0 Å². The monoisotopic (exact) mass is 419 g/mol. The summed E-state index contributed by atoms with van der Waals surface area (Å²) in [6.45, 7) is 4.19. The van der Waals surface area contributed by atoms with Crippen LogP contribution in [0.3, 0.4) is 0 Å². The molecule has 3 amide bonds. The lowest BCUT2D eigenvalue weighted by atomic mass is 10.1. The second kappa shape index (κ2) is 9.48. The number of morpholine rings is 1. The van der Waals surface area contributed by atoms with E-state index in [-0.39, 0.29) is 23.2 Å². The molecule has 0 saturated carbocycles. The molecule has 29 heavy (non-hydrogen) atoms. The van der Waals surface area contributed by atoms with Crippen LogP contribution in [0.25, 0.3) is 6.08 Å². The van der Waals surface area contributed by atoms with Gasteiger partial charge in [0.15, 0.2) is 23.2 Å². The maximum absolute atomic E-state index is 12.3. The second-order valence-electron chi connectivity index (χ2n) is 6.22. The molecule has 2 aliphatic rings. The van der Waals surface area contributed by atoms with E-state index in [4.69, 9.17) is 26.4 Å². The van der Waals surface area contributed by atoms with Gasteiger partial charge in [-0.3, -0.25) is 25.0 Å². The van der Waals surface area contributed by atoms with Gasteiger partial charge in [0.05, 0.1) is 19.8 Å². The van der Waals surface area contributed by atoms with Gasteiger partial charge in [-0.05, 0) is 42.9 Å². The van der Waals surface area contributed by atoms with Crippen LogP contribution in [-0.2, 0) is 19.1 Å². The van der Waals surface area contributed by atoms with E-state index in [0.29, 0.717) is 50.0 Å². The molecule has 3 rings (SSSR count). The first-order valence-electron chi connectivity index (χ1n) is 9.11. The van der Waals surface area contributed by atoms with E-state index in [1.165, 1.54) is 6.08 Å². The Labute approximate surface area is 173 Å². The van der Waals surface area contributed by atoms with E-state index in [1.54, 1.807) is 23.1 Å². The Kier molecular flexibility index (Phi) is 6.78. The van der Waals surface area contributed by atoms with Gasteiger partial charge < -0.3 is 19.1 Å². The molecule has 0 radical (unpaired) electrons. The highest BCUT2D eigenvalue weighted by Crippen LogP contribution is 2.29. The number of thiocarbonyl (C=S) groups is 1. The van der Waals surface area contributed by atoms with E-state index in [2.05, 4.69) is 10.6 Å². The molecule has 2 heterocycles. The quantitative estimate of drug-likeness (QED) is 0.386. The zero-order valence-electron chi connectivity index (χ0n) is 15.9. The summed E-state index contributed by atoms with van der Waals surface area (Å²) >= 11 is 4.78. The lowest BCUT2D eigenvalue weighted by Gasteiger charge is -2.26. The van der Waals surface area contributed by atoms with E-state index in [0.717, 1.165) is 0 Å². The highest BCUT2D eigenvalue weighted by molar-refractivity contribution is 7.80. The largest absolute Gasteiger partial charge is 0.490 e. The molecule has 9 nitrogen and oxygen atoms in total. The highest BCUT2D eigenvalue weighted by atomic mass is 32.1. The Morgan fingerprint density at radius 1 is 1.17 bits per heavy atom. The fourth-order valence-corrected chi connectivity index (χ4v) is 3.00. The highest BCUT2D eigenvalue weighted by Gasteiger charge is 2.26. The van der Waals surface area contributed by atoms with Crippen LogP contribution in [0.15, 0.2) is 23.8 Å². The van der Waals surface area contributed by atoms with Gasteiger partial charge in [-0.25, -0.2) is 0 Å². The average molecular weight is 419 g/mol. The molecule has 0 aromatic heterocycles. The van der Waals surface area contributed by atoms with Gasteiger partial charge in [0, 0.05) is 13.1 Å². The van der Waals surface area contributed by atoms with E-state index in [1.807, 2.05) is 6.92 Å². The zero-order valence-corrected chi connectivity index (χ0v) is 16.7. The first-order valence-corrected chi connectivity index (χ1v) is 9.52. The number of hydrogen-bond acceptors (Lipinski definition) is 7. The third-order valence-electron chi connectivity index (χ3n) is 4.24. The predicted octanol–water partition coefficient (Wildman–Crippen LogP) is 0.237. The van der Waals surface area contributed by atoms with Crippen molar-refractivity contribution in [1.82, 2.24) is 15.5 Å². The maximum atomic E-state index is 12.3. The minimum Gasteiger partial charge on any atom is -0.490 e. The summed E-state index contributed by atoms with van der Waals surface area (Å²) in [4.78, 5) is 37.9.